The number of anilines is 1. The monoisotopic (exact) mass is 305 g/mol. The van der Waals surface area contributed by atoms with E-state index >= 15 is 0 Å². The highest BCUT2D eigenvalue weighted by molar-refractivity contribution is 5.81. The molecule has 0 fully saturated rings. The second-order valence-corrected chi connectivity index (χ2v) is 5.08. The number of pyridine rings is 1. The molecule has 0 saturated heterocycles. The minimum atomic E-state index is -0.312. The number of nitrogens with two attached hydrogens (primary N) is 1. The average molecular weight is 305 g/mol. The Bertz CT molecular complexity index is 994. The van der Waals surface area contributed by atoms with Crippen molar-refractivity contribution in [2.45, 2.75) is 0 Å². The van der Waals surface area contributed by atoms with Gasteiger partial charge in [-0.25, -0.2) is 9.37 Å². The highest BCUT2D eigenvalue weighted by atomic mass is 19.1. The fraction of sp³-hybridized carbons (Fsp3) is 0. The first-order valence-corrected chi connectivity index (χ1v) is 7.03. The lowest BCUT2D eigenvalue weighted by atomic mass is 10.1. The third kappa shape index (κ3) is 2.30. The molecule has 0 unspecified atom stereocenters. The van der Waals surface area contributed by atoms with Crippen LogP contribution in [0.3, 0.4) is 0 Å². The number of nitrogens with zero attached hydrogens (tertiary/aromatic N) is 4. The minimum absolute atomic E-state index is 0.312. The number of benzene rings is 1. The summed E-state index contributed by atoms with van der Waals surface area (Å²) < 4.78 is 15.5. The zero-order valence-corrected chi connectivity index (χ0v) is 12.0. The van der Waals surface area contributed by atoms with Gasteiger partial charge in [0.25, 0.3) is 0 Å². The summed E-state index contributed by atoms with van der Waals surface area (Å²) in [6, 6.07) is 11.8. The zero-order chi connectivity index (χ0) is 15.8. The molecule has 0 spiro atoms. The van der Waals surface area contributed by atoms with Crippen molar-refractivity contribution in [2.24, 2.45) is 0 Å². The average Bonchev–Trinajstić information content (AvgIpc) is 2.94. The summed E-state index contributed by atoms with van der Waals surface area (Å²) in [4.78, 5) is 12.8. The predicted octanol–water partition coefficient (Wildman–Crippen LogP) is 3.18. The summed E-state index contributed by atoms with van der Waals surface area (Å²) in [5.41, 5.74) is 8.81. The van der Waals surface area contributed by atoms with Gasteiger partial charge in [-0.3, -0.25) is 9.38 Å². The molecule has 0 atom stereocenters. The quantitative estimate of drug-likeness (QED) is 0.617. The highest BCUT2D eigenvalue weighted by Gasteiger charge is 2.17. The van der Waals surface area contributed by atoms with E-state index in [1.54, 1.807) is 24.5 Å². The van der Waals surface area contributed by atoms with Crippen LogP contribution in [0.2, 0.25) is 0 Å². The summed E-state index contributed by atoms with van der Waals surface area (Å²) >= 11 is 0. The highest BCUT2D eigenvalue weighted by Crippen LogP contribution is 2.32. The molecule has 0 aliphatic heterocycles. The van der Waals surface area contributed by atoms with Crippen LogP contribution in [0.15, 0.2) is 61.1 Å². The van der Waals surface area contributed by atoms with Crippen LogP contribution in [-0.2, 0) is 0 Å². The third-order valence-corrected chi connectivity index (χ3v) is 3.57. The van der Waals surface area contributed by atoms with Crippen molar-refractivity contribution in [2.75, 3.05) is 5.73 Å². The summed E-state index contributed by atoms with van der Waals surface area (Å²) in [5, 5.41) is 0. The molecule has 4 aromatic rings. The SMILES string of the molecule is Nc1ccn2c(-c3ccncc3)c(-c3cccc(F)c3)nc2n1. The van der Waals surface area contributed by atoms with Crippen LogP contribution < -0.4 is 5.73 Å². The molecule has 6 heteroatoms. The van der Waals surface area contributed by atoms with Gasteiger partial charge in [0.15, 0.2) is 0 Å². The number of hydrogen-bond acceptors (Lipinski definition) is 4. The Morgan fingerprint density at radius 1 is 0.957 bits per heavy atom. The second-order valence-electron chi connectivity index (χ2n) is 5.08. The van der Waals surface area contributed by atoms with E-state index in [0.717, 1.165) is 11.3 Å². The first-order valence-electron chi connectivity index (χ1n) is 7.03. The van der Waals surface area contributed by atoms with Crippen molar-refractivity contribution < 1.29 is 4.39 Å². The normalized spacial score (nSPS) is 11.0. The minimum Gasteiger partial charge on any atom is -0.384 e. The lowest BCUT2D eigenvalue weighted by Crippen LogP contribution is -1.95. The van der Waals surface area contributed by atoms with Crippen molar-refractivity contribution in [3.05, 3.63) is 66.9 Å². The maximum atomic E-state index is 13.6. The number of hydrogen-bond donors (Lipinski definition) is 1. The zero-order valence-electron chi connectivity index (χ0n) is 12.0. The fourth-order valence-corrected chi connectivity index (χ4v) is 2.57. The fourth-order valence-electron chi connectivity index (χ4n) is 2.57. The van der Waals surface area contributed by atoms with Gasteiger partial charge in [-0.2, -0.15) is 4.98 Å². The molecule has 0 radical (unpaired) electrons. The van der Waals surface area contributed by atoms with Crippen LogP contribution in [0.1, 0.15) is 0 Å². The lowest BCUT2D eigenvalue weighted by Gasteiger charge is -2.05. The molecular formula is C17H12FN5. The van der Waals surface area contributed by atoms with Crippen LogP contribution in [0.5, 0.6) is 0 Å². The van der Waals surface area contributed by atoms with Crippen molar-refractivity contribution in [1.82, 2.24) is 19.4 Å². The van der Waals surface area contributed by atoms with Crippen molar-refractivity contribution >= 4 is 11.6 Å². The largest absolute Gasteiger partial charge is 0.384 e. The van der Waals surface area contributed by atoms with Crippen molar-refractivity contribution in [3.8, 4) is 22.5 Å². The molecule has 0 saturated carbocycles. The third-order valence-electron chi connectivity index (χ3n) is 3.57. The maximum absolute atomic E-state index is 13.6. The summed E-state index contributed by atoms with van der Waals surface area (Å²) in [6.45, 7) is 0. The Morgan fingerprint density at radius 3 is 2.57 bits per heavy atom. The molecule has 4 rings (SSSR count). The maximum Gasteiger partial charge on any atom is 0.236 e. The first-order chi connectivity index (χ1) is 11.2. The van der Waals surface area contributed by atoms with Gasteiger partial charge in [-0.1, -0.05) is 12.1 Å². The molecule has 3 heterocycles. The second kappa shape index (κ2) is 5.17. The van der Waals surface area contributed by atoms with Crippen LogP contribution >= 0.6 is 0 Å². The molecule has 5 nitrogen and oxygen atoms in total. The number of aromatic nitrogens is 4. The van der Waals surface area contributed by atoms with E-state index in [9.17, 15) is 4.39 Å². The van der Waals surface area contributed by atoms with Crippen LogP contribution in [0.25, 0.3) is 28.3 Å². The van der Waals surface area contributed by atoms with E-state index in [-0.39, 0.29) is 5.82 Å². The topological polar surface area (TPSA) is 69.1 Å². The van der Waals surface area contributed by atoms with Gasteiger partial charge in [-0.15, -0.1) is 0 Å². The Hall–Kier alpha value is -3.28. The molecule has 2 N–H and O–H groups in total. The van der Waals surface area contributed by atoms with E-state index in [1.807, 2.05) is 28.8 Å². The predicted molar refractivity (Wildman–Crippen MR) is 86.0 cm³/mol. The molecule has 3 aromatic heterocycles. The van der Waals surface area contributed by atoms with Crippen LogP contribution in [-0.4, -0.2) is 19.4 Å². The van der Waals surface area contributed by atoms with Crippen molar-refractivity contribution in [3.63, 3.8) is 0 Å². The Balaban J connectivity index is 2.07. The molecule has 0 aliphatic carbocycles. The van der Waals surface area contributed by atoms with Gasteiger partial charge in [0.05, 0.1) is 11.4 Å². The molecule has 112 valence electrons. The van der Waals surface area contributed by atoms with E-state index in [2.05, 4.69) is 15.0 Å². The molecular weight excluding hydrogens is 293 g/mol. The summed E-state index contributed by atoms with van der Waals surface area (Å²) in [6.07, 6.45) is 5.22. The molecule has 0 aliphatic rings. The standard InChI is InChI=1S/C17H12FN5/c18-13-3-1-2-12(10-13)15-16(11-4-7-20-8-5-11)23-9-6-14(19)21-17(23)22-15/h1-10H,(H2,19,21,22). The van der Waals surface area contributed by atoms with Gasteiger partial charge in [0.1, 0.15) is 11.6 Å². The smallest absolute Gasteiger partial charge is 0.236 e. The molecule has 0 bridgehead atoms. The van der Waals surface area contributed by atoms with E-state index in [0.29, 0.717) is 22.9 Å². The Morgan fingerprint density at radius 2 is 1.78 bits per heavy atom. The van der Waals surface area contributed by atoms with E-state index in [4.69, 9.17) is 5.73 Å². The van der Waals surface area contributed by atoms with E-state index < -0.39 is 0 Å². The van der Waals surface area contributed by atoms with Crippen LogP contribution in [0.4, 0.5) is 10.2 Å². The molecule has 1 aromatic carbocycles. The van der Waals surface area contributed by atoms with Gasteiger partial charge in [0, 0.05) is 29.7 Å². The molecule has 23 heavy (non-hydrogen) atoms. The summed E-state index contributed by atoms with van der Waals surface area (Å²) in [7, 11) is 0. The van der Waals surface area contributed by atoms with Gasteiger partial charge < -0.3 is 5.73 Å². The van der Waals surface area contributed by atoms with Crippen LogP contribution in [0, 0.1) is 5.82 Å². The van der Waals surface area contributed by atoms with Gasteiger partial charge >= 0.3 is 0 Å². The number of imidazole rings is 1. The number of fused-ring (bicyclic) bond motifs is 1. The van der Waals surface area contributed by atoms with Crippen molar-refractivity contribution in [1.29, 1.82) is 0 Å². The Kier molecular flexibility index (Phi) is 3.01. The number of rotatable bonds is 2. The summed E-state index contributed by atoms with van der Waals surface area (Å²) in [5.74, 6) is 0.540. The Labute approximate surface area is 131 Å². The van der Waals surface area contributed by atoms with Gasteiger partial charge in [-0.05, 0) is 30.3 Å². The van der Waals surface area contributed by atoms with Gasteiger partial charge in [0.2, 0.25) is 5.78 Å². The number of nitrogen functional groups attached to an aromatic ring is 1. The lowest BCUT2D eigenvalue weighted by molar-refractivity contribution is 0.628. The number of halogens is 1. The first kappa shape index (κ1) is 13.4. The molecule has 0 amide bonds. The van der Waals surface area contributed by atoms with E-state index in [1.165, 1.54) is 12.1 Å².